The fourth-order valence-corrected chi connectivity index (χ4v) is 2.44. The molecule has 1 saturated heterocycles. The SMILES string of the molecule is COc1cccc(C(=O)N2CCC(CN)C2)c1OC(F)F.Cl. The van der Waals surface area contributed by atoms with Crippen LogP contribution in [-0.4, -0.2) is 44.2 Å². The van der Waals surface area contributed by atoms with Crippen LogP contribution < -0.4 is 15.2 Å². The zero-order valence-electron chi connectivity index (χ0n) is 12.1. The van der Waals surface area contributed by atoms with Crippen LogP contribution in [0.2, 0.25) is 0 Å². The van der Waals surface area contributed by atoms with Crippen molar-refractivity contribution < 1.29 is 23.0 Å². The van der Waals surface area contributed by atoms with Gasteiger partial charge >= 0.3 is 6.61 Å². The van der Waals surface area contributed by atoms with E-state index < -0.39 is 6.61 Å². The Morgan fingerprint density at radius 3 is 2.77 bits per heavy atom. The number of alkyl halides is 2. The van der Waals surface area contributed by atoms with E-state index in [-0.39, 0.29) is 41.3 Å². The van der Waals surface area contributed by atoms with Gasteiger partial charge in [-0.2, -0.15) is 8.78 Å². The highest BCUT2D eigenvalue weighted by Crippen LogP contribution is 2.34. The number of carbonyl (C=O) groups is 1. The van der Waals surface area contributed by atoms with Crippen LogP contribution >= 0.6 is 12.4 Å². The summed E-state index contributed by atoms with van der Waals surface area (Å²) in [5.74, 6) is -0.216. The van der Waals surface area contributed by atoms with Gasteiger partial charge in [-0.3, -0.25) is 4.79 Å². The van der Waals surface area contributed by atoms with E-state index >= 15 is 0 Å². The second-order valence-corrected chi connectivity index (χ2v) is 4.86. The van der Waals surface area contributed by atoms with Crippen LogP contribution in [-0.2, 0) is 0 Å². The summed E-state index contributed by atoms with van der Waals surface area (Å²) in [5.41, 5.74) is 5.67. The number of ether oxygens (including phenoxy) is 2. The van der Waals surface area contributed by atoms with Crippen molar-refractivity contribution in [2.75, 3.05) is 26.7 Å². The minimum Gasteiger partial charge on any atom is -0.493 e. The first-order chi connectivity index (χ1) is 10.1. The van der Waals surface area contributed by atoms with E-state index in [0.717, 1.165) is 6.42 Å². The number of benzene rings is 1. The predicted octanol–water partition coefficient (Wildman–Crippen LogP) is 2.14. The summed E-state index contributed by atoms with van der Waals surface area (Å²) in [5, 5.41) is 0. The number of nitrogens with zero attached hydrogens (tertiary/aromatic N) is 1. The van der Waals surface area contributed by atoms with Crippen molar-refractivity contribution in [3.05, 3.63) is 23.8 Å². The molecule has 1 aromatic rings. The Morgan fingerprint density at radius 1 is 1.50 bits per heavy atom. The molecule has 1 aliphatic heterocycles. The minimum absolute atomic E-state index is 0. The number of halogens is 3. The Hall–Kier alpha value is -1.60. The van der Waals surface area contributed by atoms with Crippen molar-refractivity contribution in [2.45, 2.75) is 13.0 Å². The molecule has 8 heteroatoms. The highest BCUT2D eigenvalue weighted by molar-refractivity contribution is 5.98. The van der Waals surface area contributed by atoms with Gasteiger partial charge in [0.2, 0.25) is 0 Å². The Bertz CT molecular complexity index is 517. The monoisotopic (exact) mass is 336 g/mol. The van der Waals surface area contributed by atoms with Gasteiger partial charge in [-0.05, 0) is 31.0 Å². The predicted molar refractivity (Wildman–Crippen MR) is 79.9 cm³/mol. The van der Waals surface area contributed by atoms with Crippen molar-refractivity contribution in [3.63, 3.8) is 0 Å². The van der Waals surface area contributed by atoms with E-state index in [9.17, 15) is 13.6 Å². The number of rotatable bonds is 5. The van der Waals surface area contributed by atoms with Crippen molar-refractivity contribution in [3.8, 4) is 11.5 Å². The first-order valence-corrected chi connectivity index (χ1v) is 6.68. The van der Waals surface area contributed by atoms with Crippen molar-refractivity contribution in [1.29, 1.82) is 0 Å². The largest absolute Gasteiger partial charge is 0.493 e. The Labute approximate surface area is 133 Å². The lowest BCUT2D eigenvalue weighted by atomic mass is 10.1. The molecule has 1 atom stereocenters. The number of carbonyl (C=O) groups excluding carboxylic acids is 1. The first-order valence-electron chi connectivity index (χ1n) is 6.68. The highest BCUT2D eigenvalue weighted by atomic mass is 35.5. The van der Waals surface area contributed by atoms with Gasteiger partial charge in [0, 0.05) is 13.1 Å². The summed E-state index contributed by atoms with van der Waals surface area (Å²) in [4.78, 5) is 14.1. The maximum atomic E-state index is 12.6. The summed E-state index contributed by atoms with van der Waals surface area (Å²) in [6, 6.07) is 4.50. The van der Waals surface area contributed by atoms with Gasteiger partial charge in [-0.25, -0.2) is 0 Å². The third kappa shape index (κ3) is 3.98. The third-order valence-electron chi connectivity index (χ3n) is 3.54. The van der Waals surface area contributed by atoms with Crippen LogP contribution in [0.5, 0.6) is 11.5 Å². The third-order valence-corrected chi connectivity index (χ3v) is 3.54. The molecule has 5 nitrogen and oxygen atoms in total. The lowest BCUT2D eigenvalue weighted by Crippen LogP contribution is -2.30. The number of nitrogens with two attached hydrogens (primary N) is 1. The first kappa shape index (κ1) is 18.4. The fraction of sp³-hybridized carbons (Fsp3) is 0.500. The van der Waals surface area contributed by atoms with E-state index in [1.807, 2.05) is 0 Å². The maximum Gasteiger partial charge on any atom is 0.387 e. The molecular weight excluding hydrogens is 318 g/mol. The quantitative estimate of drug-likeness (QED) is 0.894. The lowest BCUT2D eigenvalue weighted by molar-refractivity contribution is -0.0516. The van der Waals surface area contributed by atoms with Gasteiger partial charge in [0.05, 0.1) is 12.7 Å². The number of hydrogen-bond acceptors (Lipinski definition) is 4. The molecule has 2 N–H and O–H groups in total. The Morgan fingerprint density at radius 2 is 2.23 bits per heavy atom. The van der Waals surface area contributed by atoms with E-state index in [0.29, 0.717) is 19.6 Å². The van der Waals surface area contributed by atoms with Crippen LogP contribution in [0.25, 0.3) is 0 Å². The molecule has 2 rings (SSSR count). The zero-order chi connectivity index (χ0) is 15.4. The number of likely N-dealkylation sites (tertiary alicyclic amines) is 1. The molecule has 0 radical (unpaired) electrons. The summed E-state index contributed by atoms with van der Waals surface area (Å²) < 4.78 is 34.6. The van der Waals surface area contributed by atoms with E-state index in [1.165, 1.54) is 19.2 Å². The van der Waals surface area contributed by atoms with Crippen LogP contribution in [0, 0.1) is 5.92 Å². The van der Waals surface area contributed by atoms with Gasteiger partial charge in [-0.1, -0.05) is 6.07 Å². The number of para-hydroxylation sites is 1. The van der Waals surface area contributed by atoms with Crippen LogP contribution in [0.1, 0.15) is 16.8 Å². The minimum atomic E-state index is -3.02. The number of amides is 1. The van der Waals surface area contributed by atoms with E-state index in [2.05, 4.69) is 4.74 Å². The molecule has 0 aromatic heterocycles. The molecular formula is C14H19ClF2N2O3. The molecule has 124 valence electrons. The fourth-order valence-electron chi connectivity index (χ4n) is 2.44. The van der Waals surface area contributed by atoms with Gasteiger partial charge < -0.3 is 20.1 Å². The number of methoxy groups -OCH3 is 1. The van der Waals surface area contributed by atoms with E-state index in [1.54, 1.807) is 11.0 Å². The topological polar surface area (TPSA) is 64.8 Å². The van der Waals surface area contributed by atoms with Crippen LogP contribution in [0.3, 0.4) is 0 Å². The van der Waals surface area contributed by atoms with Crippen LogP contribution in [0.15, 0.2) is 18.2 Å². The van der Waals surface area contributed by atoms with Crippen molar-refractivity contribution in [2.24, 2.45) is 11.7 Å². The van der Waals surface area contributed by atoms with Gasteiger partial charge in [0.25, 0.3) is 5.91 Å². The summed E-state index contributed by atoms with van der Waals surface area (Å²) >= 11 is 0. The normalized spacial score (nSPS) is 17.3. The standard InChI is InChI=1S/C14H18F2N2O3.ClH/c1-20-11-4-2-3-10(12(11)21-14(15)16)13(19)18-6-5-9(7-17)8-18;/h2-4,9,14H,5-8,17H2,1H3;1H. The molecule has 1 unspecified atom stereocenters. The number of hydrogen-bond donors (Lipinski definition) is 1. The Kier molecular flexibility index (Phi) is 6.83. The second kappa shape index (κ2) is 8.14. The lowest BCUT2D eigenvalue weighted by Gasteiger charge is -2.19. The molecule has 22 heavy (non-hydrogen) atoms. The van der Waals surface area contributed by atoms with E-state index in [4.69, 9.17) is 10.5 Å². The average Bonchev–Trinajstić information content (AvgIpc) is 2.95. The Balaban J connectivity index is 0.00000242. The molecule has 0 aliphatic carbocycles. The summed E-state index contributed by atoms with van der Waals surface area (Å²) in [6.45, 7) is -1.43. The summed E-state index contributed by atoms with van der Waals surface area (Å²) in [7, 11) is 1.34. The van der Waals surface area contributed by atoms with Gasteiger partial charge in [-0.15, -0.1) is 12.4 Å². The molecule has 1 heterocycles. The average molecular weight is 337 g/mol. The highest BCUT2D eigenvalue weighted by Gasteiger charge is 2.29. The molecule has 1 fully saturated rings. The zero-order valence-corrected chi connectivity index (χ0v) is 12.9. The van der Waals surface area contributed by atoms with Crippen molar-refractivity contribution >= 4 is 18.3 Å². The maximum absolute atomic E-state index is 12.6. The van der Waals surface area contributed by atoms with Crippen LogP contribution in [0.4, 0.5) is 8.78 Å². The smallest absolute Gasteiger partial charge is 0.387 e. The van der Waals surface area contributed by atoms with Crippen molar-refractivity contribution in [1.82, 2.24) is 4.90 Å². The molecule has 1 aromatic carbocycles. The molecule has 0 bridgehead atoms. The van der Waals surface area contributed by atoms with Gasteiger partial charge in [0.15, 0.2) is 11.5 Å². The summed E-state index contributed by atoms with van der Waals surface area (Å²) in [6.07, 6.45) is 0.817. The second-order valence-electron chi connectivity index (χ2n) is 4.86. The molecule has 0 saturated carbocycles. The molecule has 1 aliphatic rings. The molecule has 0 spiro atoms. The van der Waals surface area contributed by atoms with Gasteiger partial charge in [0.1, 0.15) is 0 Å². The molecule has 1 amide bonds.